The molecule has 0 aliphatic carbocycles. The Balaban J connectivity index is 1.98. The van der Waals surface area contributed by atoms with Crippen LogP contribution in [0.5, 0.6) is 0 Å². The Hall–Kier alpha value is -2.56. The van der Waals surface area contributed by atoms with Crippen LogP contribution < -0.4 is 4.72 Å². The second-order valence-corrected chi connectivity index (χ2v) is 11.4. The number of non-ortho nitro benzene ring substituents is 1. The van der Waals surface area contributed by atoms with Crippen molar-refractivity contribution in [3.63, 3.8) is 0 Å². The van der Waals surface area contributed by atoms with Crippen molar-refractivity contribution in [3.8, 4) is 0 Å². The standard InChI is InChI=1S/C21H24N2O6S2/c1-12(2)19(20(24)29-21(3,4)5)22-31(27,28)14-7-8-15-16-10-13(23(25)26)6-9-17(16)30-18(15)11-14/h6-12,19,22H,1-5H3/t19-/m0/s1. The first-order chi connectivity index (χ1) is 14.3. The van der Waals surface area contributed by atoms with E-state index in [1.807, 2.05) is 0 Å². The minimum Gasteiger partial charge on any atom is -0.459 e. The average molecular weight is 465 g/mol. The van der Waals surface area contributed by atoms with Gasteiger partial charge in [-0.25, -0.2) is 8.42 Å². The molecule has 0 spiro atoms. The van der Waals surface area contributed by atoms with Gasteiger partial charge in [0, 0.05) is 32.3 Å². The number of nitro groups is 1. The summed E-state index contributed by atoms with van der Waals surface area (Å²) >= 11 is 1.35. The largest absolute Gasteiger partial charge is 0.459 e. The van der Waals surface area contributed by atoms with Gasteiger partial charge in [-0.2, -0.15) is 4.72 Å². The fourth-order valence-corrected chi connectivity index (χ4v) is 5.64. The molecule has 166 valence electrons. The maximum atomic E-state index is 13.0. The fourth-order valence-electron chi connectivity index (χ4n) is 3.08. The quantitative estimate of drug-likeness (QED) is 0.324. The van der Waals surface area contributed by atoms with Crippen LogP contribution in [0.3, 0.4) is 0 Å². The Kier molecular flexibility index (Phi) is 6.09. The van der Waals surface area contributed by atoms with Gasteiger partial charge >= 0.3 is 5.97 Å². The monoisotopic (exact) mass is 464 g/mol. The number of esters is 1. The van der Waals surface area contributed by atoms with Gasteiger partial charge in [0.2, 0.25) is 10.0 Å². The van der Waals surface area contributed by atoms with Crippen molar-refractivity contribution in [2.75, 3.05) is 0 Å². The third-order valence-corrected chi connectivity index (χ3v) is 7.13. The van der Waals surface area contributed by atoms with Gasteiger partial charge in [-0.15, -0.1) is 11.3 Å². The Morgan fingerprint density at radius 1 is 1.10 bits per heavy atom. The molecule has 0 saturated carbocycles. The number of fused-ring (bicyclic) bond motifs is 3. The van der Waals surface area contributed by atoms with Crippen LogP contribution in [-0.4, -0.2) is 31.0 Å². The number of rotatable bonds is 6. The molecule has 0 aliphatic rings. The summed E-state index contributed by atoms with van der Waals surface area (Å²) < 4.78 is 35.4. The number of sulfonamides is 1. The summed E-state index contributed by atoms with van der Waals surface area (Å²) in [6, 6.07) is 8.10. The zero-order chi connectivity index (χ0) is 23.1. The van der Waals surface area contributed by atoms with Crippen molar-refractivity contribution in [1.82, 2.24) is 4.72 Å². The Morgan fingerprint density at radius 2 is 1.77 bits per heavy atom. The van der Waals surface area contributed by atoms with Gasteiger partial charge in [-0.05, 0) is 44.9 Å². The van der Waals surface area contributed by atoms with E-state index in [4.69, 9.17) is 4.74 Å². The lowest BCUT2D eigenvalue weighted by Crippen LogP contribution is -2.47. The normalized spacial score (nSPS) is 13.6. The molecule has 0 fully saturated rings. The van der Waals surface area contributed by atoms with Gasteiger partial charge in [0.25, 0.3) is 5.69 Å². The van der Waals surface area contributed by atoms with E-state index in [1.54, 1.807) is 46.8 Å². The van der Waals surface area contributed by atoms with Crippen LogP contribution in [0.4, 0.5) is 5.69 Å². The van der Waals surface area contributed by atoms with Crippen LogP contribution in [-0.2, 0) is 19.6 Å². The zero-order valence-corrected chi connectivity index (χ0v) is 19.5. The molecule has 0 saturated heterocycles. The molecule has 0 amide bonds. The predicted octanol–water partition coefficient (Wildman–Crippen LogP) is 4.61. The van der Waals surface area contributed by atoms with E-state index in [2.05, 4.69) is 4.72 Å². The van der Waals surface area contributed by atoms with Crippen LogP contribution >= 0.6 is 11.3 Å². The van der Waals surface area contributed by atoms with Crippen LogP contribution in [0.2, 0.25) is 0 Å². The second-order valence-electron chi connectivity index (χ2n) is 8.57. The van der Waals surface area contributed by atoms with E-state index in [9.17, 15) is 23.3 Å². The SMILES string of the molecule is CC(C)[C@H](NS(=O)(=O)c1ccc2c(c1)sc1ccc([N+](=O)[O-])cc12)C(=O)OC(C)(C)C. The van der Waals surface area contributed by atoms with Gasteiger partial charge in [0.15, 0.2) is 0 Å². The van der Waals surface area contributed by atoms with Crippen LogP contribution in [0.25, 0.3) is 20.2 Å². The van der Waals surface area contributed by atoms with E-state index in [0.29, 0.717) is 10.1 Å². The highest BCUT2D eigenvalue weighted by Crippen LogP contribution is 2.37. The molecular formula is C21H24N2O6S2. The number of benzene rings is 2. The molecule has 2 aromatic carbocycles. The minimum absolute atomic E-state index is 0.00950. The summed E-state index contributed by atoms with van der Waals surface area (Å²) in [5.74, 6) is -0.959. The van der Waals surface area contributed by atoms with Crippen LogP contribution in [0.15, 0.2) is 41.3 Å². The van der Waals surface area contributed by atoms with Crippen LogP contribution in [0.1, 0.15) is 34.6 Å². The van der Waals surface area contributed by atoms with E-state index >= 15 is 0 Å². The number of carbonyl (C=O) groups is 1. The molecule has 3 rings (SSSR count). The Morgan fingerprint density at radius 3 is 2.35 bits per heavy atom. The minimum atomic E-state index is -4.01. The summed E-state index contributed by atoms with van der Waals surface area (Å²) in [7, 11) is -4.01. The highest BCUT2D eigenvalue weighted by molar-refractivity contribution is 7.89. The van der Waals surface area contributed by atoms with E-state index in [1.165, 1.54) is 35.6 Å². The molecule has 1 heterocycles. The predicted molar refractivity (Wildman–Crippen MR) is 121 cm³/mol. The first-order valence-electron chi connectivity index (χ1n) is 9.64. The molecule has 10 heteroatoms. The molecule has 0 aliphatic heterocycles. The van der Waals surface area contributed by atoms with Gasteiger partial charge in [0.05, 0.1) is 9.82 Å². The fraction of sp³-hybridized carbons (Fsp3) is 0.381. The molecule has 1 N–H and O–H groups in total. The summed E-state index contributed by atoms with van der Waals surface area (Å²) in [6.07, 6.45) is 0. The third-order valence-electron chi connectivity index (χ3n) is 4.56. The molecule has 1 atom stereocenters. The van der Waals surface area contributed by atoms with Crippen molar-refractivity contribution in [1.29, 1.82) is 0 Å². The lowest BCUT2D eigenvalue weighted by Gasteiger charge is -2.26. The first kappa shape index (κ1) is 23.1. The lowest BCUT2D eigenvalue weighted by atomic mass is 10.1. The van der Waals surface area contributed by atoms with Crippen molar-refractivity contribution >= 4 is 53.2 Å². The number of carbonyl (C=O) groups excluding carboxylic acids is 1. The van der Waals surface area contributed by atoms with Gasteiger partial charge in [-0.3, -0.25) is 14.9 Å². The number of ether oxygens (including phenoxy) is 1. The van der Waals surface area contributed by atoms with Crippen molar-refractivity contribution in [2.24, 2.45) is 5.92 Å². The molecule has 0 radical (unpaired) electrons. The molecule has 1 aromatic heterocycles. The van der Waals surface area contributed by atoms with Crippen molar-refractivity contribution in [3.05, 3.63) is 46.5 Å². The second kappa shape index (κ2) is 8.18. The first-order valence-corrected chi connectivity index (χ1v) is 11.9. The maximum Gasteiger partial charge on any atom is 0.324 e. The number of hydrogen-bond acceptors (Lipinski definition) is 7. The lowest BCUT2D eigenvalue weighted by molar-refractivity contribution is -0.384. The summed E-state index contributed by atoms with van der Waals surface area (Å²) in [6.45, 7) is 8.63. The summed E-state index contributed by atoms with van der Waals surface area (Å²) in [5.41, 5.74) is -0.767. The highest BCUT2D eigenvalue weighted by Gasteiger charge is 2.32. The smallest absolute Gasteiger partial charge is 0.324 e. The van der Waals surface area contributed by atoms with E-state index in [-0.39, 0.29) is 16.5 Å². The molecule has 31 heavy (non-hydrogen) atoms. The van der Waals surface area contributed by atoms with Gasteiger partial charge in [-0.1, -0.05) is 19.9 Å². The number of nitrogens with one attached hydrogen (secondary N) is 1. The highest BCUT2D eigenvalue weighted by atomic mass is 32.2. The van der Waals surface area contributed by atoms with Crippen molar-refractivity contribution in [2.45, 2.75) is 51.2 Å². The summed E-state index contributed by atoms with van der Waals surface area (Å²) in [4.78, 5) is 23.1. The topological polar surface area (TPSA) is 116 Å². The average Bonchev–Trinajstić information content (AvgIpc) is 3.01. The number of nitro benzene ring substituents is 1. The molecule has 8 nitrogen and oxygen atoms in total. The number of hydrogen-bond donors (Lipinski definition) is 1. The van der Waals surface area contributed by atoms with E-state index in [0.717, 1.165) is 10.1 Å². The van der Waals surface area contributed by atoms with Crippen LogP contribution in [0, 0.1) is 16.0 Å². The maximum absolute atomic E-state index is 13.0. The van der Waals surface area contributed by atoms with E-state index < -0.39 is 32.6 Å². The third kappa shape index (κ3) is 5.03. The zero-order valence-electron chi connectivity index (χ0n) is 17.8. The van der Waals surface area contributed by atoms with Gasteiger partial charge < -0.3 is 4.74 Å². The van der Waals surface area contributed by atoms with Crippen molar-refractivity contribution < 1.29 is 22.9 Å². The summed E-state index contributed by atoms with van der Waals surface area (Å²) in [5, 5.41) is 12.5. The number of thiophene rings is 1. The molecule has 0 unspecified atom stereocenters. The number of nitrogens with zero attached hydrogens (tertiary/aromatic N) is 1. The molecule has 3 aromatic rings. The Bertz CT molecular complexity index is 1270. The molecular weight excluding hydrogens is 440 g/mol. The Labute approximate surface area is 184 Å². The van der Waals surface area contributed by atoms with Gasteiger partial charge in [0.1, 0.15) is 11.6 Å². The molecule has 0 bridgehead atoms.